The smallest absolute Gasteiger partial charge is 0.311 e. The molecule has 25 heavy (non-hydrogen) atoms. The number of carboxylic acids is 1. The third-order valence-electron chi connectivity index (χ3n) is 5.67. The Balaban J connectivity index is 1.73. The van der Waals surface area contributed by atoms with E-state index in [1.54, 1.807) is 12.0 Å². The molecular weight excluding hydrogens is 322 g/mol. The molecule has 136 valence electrons. The summed E-state index contributed by atoms with van der Waals surface area (Å²) in [5.74, 6) is 0.395. The highest BCUT2D eigenvalue weighted by Gasteiger charge is 2.49. The van der Waals surface area contributed by atoms with Crippen LogP contribution in [0.15, 0.2) is 18.2 Å². The van der Waals surface area contributed by atoms with Crippen LogP contribution in [0.2, 0.25) is 0 Å². The van der Waals surface area contributed by atoms with Crippen molar-refractivity contribution in [3.8, 4) is 11.5 Å². The Bertz CT molecular complexity index is 686. The van der Waals surface area contributed by atoms with Crippen molar-refractivity contribution in [2.45, 2.75) is 26.7 Å². The van der Waals surface area contributed by atoms with Gasteiger partial charge in [-0.15, -0.1) is 0 Å². The molecule has 2 atom stereocenters. The van der Waals surface area contributed by atoms with Gasteiger partial charge >= 0.3 is 5.97 Å². The molecule has 1 fully saturated rings. The van der Waals surface area contributed by atoms with Crippen LogP contribution in [0, 0.1) is 17.3 Å². The van der Waals surface area contributed by atoms with Gasteiger partial charge in [-0.05, 0) is 42.5 Å². The number of methoxy groups -OCH3 is 1. The number of carboxylic acid groups (broad SMARTS) is 1. The van der Waals surface area contributed by atoms with E-state index in [9.17, 15) is 14.7 Å². The number of carbonyl (C=O) groups excluding carboxylic acids is 1. The Morgan fingerprint density at radius 3 is 2.76 bits per heavy atom. The molecule has 2 aliphatic heterocycles. The normalized spacial score (nSPS) is 25.4. The Labute approximate surface area is 147 Å². The topological polar surface area (TPSA) is 76.1 Å². The molecule has 6 nitrogen and oxygen atoms in total. The van der Waals surface area contributed by atoms with E-state index in [1.165, 1.54) is 0 Å². The summed E-state index contributed by atoms with van der Waals surface area (Å²) >= 11 is 0. The molecule has 2 unspecified atom stereocenters. The lowest BCUT2D eigenvalue weighted by molar-refractivity contribution is -0.151. The number of rotatable bonds is 4. The number of hydrogen-bond donors (Lipinski definition) is 1. The largest absolute Gasteiger partial charge is 0.497 e. The zero-order valence-corrected chi connectivity index (χ0v) is 14.9. The number of hydrogen-bond acceptors (Lipinski definition) is 4. The van der Waals surface area contributed by atoms with E-state index in [2.05, 4.69) is 0 Å². The molecule has 1 aromatic carbocycles. The first kappa shape index (κ1) is 17.6. The lowest BCUT2D eigenvalue weighted by Crippen LogP contribution is -2.44. The number of ether oxygens (including phenoxy) is 2. The molecule has 0 spiro atoms. The first-order valence-corrected chi connectivity index (χ1v) is 8.69. The first-order chi connectivity index (χ1) is 11.9. The molecule has 0 saturated carbocycles. The van der Waals surface area contributed by atoms with Crippen LogP contribution in [0.1, 0.15) is 25.8 Å². The van der Waals surface area contributed by atoms with Crippen LogP contribution < -0.4 is 9.47 Å². The molecule has 2 heterocycles. The molecule has 1 amide bonds. The average Bonchev–Trinajstić information content (AvgIpc) is 3.07. The van der Waals surface area contributed by atoms with Gasteiger partial charge in [0.1, 0.15) is 18.1 Å². The summed E-state index contributed by atoms with van der Waals surface area (Å²) in [5, 5.41) is 9.66. The van der Waals surface area contributed by atoms with E-state index in [0.29, 0.717) is 26.0 Å². The second-order valence-electron chi connectivity index (χ2n) is 7.31. The van der Waals surface area contributed by atoms with Gasteiger partial charge in [0.2, 0.25) is 5.91 Å². The van der Waals surface area contributed by atoms with Crippen LogP contribution in [0.4, 0.5) is 0 Å². The van der Waals surface area contributed by atoms with Crippen molar-refractivity contribution in [1.82, 2.24) is 4.90 Å². The molecular formula is C19H25NO5. The monoisotopic (exact) mass is 347 g/mol. The molecule has 0 radical (unpaired) electrons. The molecule has 2 aliphatic rings. The maximum atomic E-state index is 12.9. The number of fused-ring (bicyclic) bond motifs is 1. The first-order valence-electron chi connectivity index (χ1n) is 8.69. The van der Waals surface area contributed by atoms with Crippen LogP contribution in [0.3, 0.4) is 0 Å². The van der Waals surface area contributed by atoms with Crippen LogP contribution in [0.25, 0.3) is 0 Å². The highest BCUT2D eigenvalue weighted by molar-refractivity contribution is 5.83. The highest BCUT2D eigenvalue weighted by Crippen LogP contribution is 2.39. The van der Waals surface area contributed by atoms with Gasteiger partial charge in [0.15, 0.2) is 0 Å². The van der Waals surface area contributed by atoms with Crippen molar-refractivity contribution in [3.05, 3.63) is 23.8 Å². The molecule has 0 aromatic heterocycles. The van der Waals surface area contributed by atoms with Crippen molar-refractivity contribution in [3.63, 3.8) is 0 Å². The molecule has 1 N–H and O–H groups in total. The summed E-state index contributed by atoms with van der Waals surface area (Å²) in [7, 11) is 1.61. The number of likely N-dealkylation sites (tertiary alicyclic amines) is 1. The molecule has 1 saturated heterocycles. The summed E-state index contributed by atoms with van der Waals surface area (Å²) < 4.78 is 11.0. The van der Waals surface area contributed by atoms with Crippen molar-refractivity contribution in [2.75, 3.05) is 26.8 Å². The minimum Gasteiger partial charge on any atom is -0.497 e. The van der Waals surface area contributed by atoms with E-state index in [-0.39, 0.29) is 24.3 Å². The van der Waals surface area contributed by atoms with Gasteiger partial charge in [-0.3, -0.25) is 9.59 Å². The van der Waals surface area contributed by atoms with Crippen molar-refractivity contribution in [1.29, 1.82) is 0 Å². The van der Waals surface area contributed by atoms with Crippen LogP contribution in [-0.2, 0) is 16.0 Å². The summed E-state index contributed by atoms with van der Waals surface area (Å²) in [6, 6.07) is 5.60. The Hall–Kier alpha value is -2.24. The van der Waals surface area contributed by atoms with Gasteiger partial charge in [0.05, 0.1) is 18.4 Å². The molecule has 6 heteroatoms. The van der Waals surface area contributed by atoms with Crippen LogP contribution in [0.5, 0.6) is 11.5 Å². The molecule has 3 rings (SSSR count). The lowest BCUT2D eigenvalue weighted by Gasteiger charge is -2.31. The van der Waals surface area contributed by atoms with Gasteiger partial charge in [0.25, 0.3) is 0 Å². The predicted octanol–water partition coefficient (Wildman–Crippen LogP) is 2.21. The zero-order chi connectivity index (χ0) is 18.2. The van der Waals surface area contributed by atoms with Gasteiger partial charge in [0, 0.05) is 13.1 Å². The predicted molar refractivity (Wildman–Crippen MR) is 91.8 cm³/mol. The Kier molecular flexibility index (Phi) is 4.62. The van der Waals surface area contributed by atoms with E-state index < -0.39 is 11.4 Å². The van der Waals surface area contributed by atoms with E-state index in [4.69, 9.17) is 9.47 Å². The summed E-state index contributed by atoms with van der Waals surface area (Å²) in [5.41, 5.74) is 0.114. The van der Waals surface area contributed by atoms with Gasteiger partial charge < -0.3 is 19.5 Å². The second-order valence-corrected chi connectivity index (χ2v) is 7.31. The molecule has 1 aromatic rings. The van der Waals surface area contributed by atoms with Crippen molar-refractivity contribution < 1.29 is 24.2 Å². The molecule has 0 aliphatic carbocycles. The number of aliphatic carboxylic acids is 1. The van der Waals surface area contributed by atoms with Gasteiger partial charge in [-0.1, -0.05) is 13.8 Å². The summed E-state index contributed by atoms with van der Waals surface area (Å²) in [6.45, 7) is 4.92. The van der Waals surface area contributed by atoms with E-state index in [0.717, 1.165) is 17.1 Å². The minimum atomic E-state index is -0.841. The second kappa shape index (κ2) is 6.58. The van der Waals surface area contributed by atoms with Gasteiger partial charge in [-0.2, -0.15) is 0 Å². The Morgan fingerprint density at radius 1 is 1.40 bits per heavy atom. The Morgan fingerprint density at radius 2 is 2.16 bits per heavy atom. The fourth-order valence-corrected chi connectivity index (χ4v) is 3.83. The number of carbonyl (C=O) groups is 2. The fourth-order valence-electron chi connectivity index (χ4n) is 3.83. The molecule has 0 bridgehead atoms. The minimum absolute atomic E-state index is 0.0164. The standard InChI is InChI=1S/C19H25NO5/c1-12(2)19(18(22)23)6-7-20(11-19)17(21)14-8-13-9-15(24-3)4-5-16(13)25-10-14/h4-5,9,12,14H,6-8,10-11H2,1-3H3,(H,22,23). The zero-order valence-electron chi connectivity index (χ0n) is 14.9. The number of benzene rings is 1. The average molecular weight is 347 g/mol. The third-order valence-corrected chi connectivity index (χ3v) is 5.67. The van der Waals surface area contributed by atoms with Crippen LogP contribution >= 0.6 is 0 Å². The quantitative estimate of drug-likeness (QED) is 0.904. The highest BCUT2D eigenvalue weighted by atomic mass is 16.5. The third kappa shape index (κ3) is 3.05. The SMILES string of the molecule is COc1ccc2c(c1)CC(C(=O)N1CCC(C(=O)O)(C(C)C)C1)CO2. The number of amides is 1. The van der Waals surface area contributed by atoms with Crippen molar-refractivity contribution in [2.24, 2.45) is 17.3 Å². The summed E-state index contributed by atoms with van der Waals surface area (Å²) in [4.78, 5) is 26.4. The van der Waals surface area contributed by atoms with E-state index >= 15 is 0 Å². The summed E-state index contributed by atoms with van der Waals surface area (Å²) in [6.07, 6.45) is 1.09. The van der Waals surface area contributed by atoms with Crippen molar-refractivity contribution >= 4 is 11.9 Å². The van der Waals surface area contributed by atoms with Crippen LogP contribution in [-0.4, -0.2) is 48.7 Å². The fraction of sp³-hybridized carbons (Fsp3) is 0.579. The maximum absolute atomic E-state index is 12.9. The maximum Gasteiger partial charge on any atom is 0.311 e. The van der Waals surface area contributed by atoms with E-state index in [1.807, 2.05) is 32.0 Å². The lowest BCUT2D eigenvalue weighted by atomic mass is 9.76. The van der Waals surface area contributed by atoms with Gasteiger partial charge in [-0.25, -0.2) is 0 Å². The number of nitrogens with zero attached hydrogens (tertiary/aromatic N) is 1.